The van der Waals surface area contributed by atoms with Gasteiger partial charge in [-0.05, 0) is 40.4 Å². The lowest BCUT2D eigenvalue weighted by atomic mass is 10.1. The Kier molecular flexibility index (Phi) is 6.52. The van der Waals surface area contributed by atoms with Crippen LogP contribution in [0.25, 0.3) is 0 Å². The topological polar surface area (TPSA) is 105 Å². The molecule has 0 amide bonds. The minimum absolute atomic E-state index is 0.144. The number of tetrazole rings is 1. The van der Waals surface area contributed by atoms with Crippen LogP contribution < -0.4 is 16.6 Å². The van der Waals surface area contributed by atoms with E-state index in [1.54, 1.807) is 22.4 Å². The first kappa shape index (κ1) is 22.5. The summed E-state index contributed by atoms with van der Waals surface area (Å²) in [5.74, 6) is 6.96. The van der Waals surface area contributed by atoms with Crippen LogP contribution in [0.3, 0.4) is 0 Å². The second-order valence-corrected chi connectivity index (χ2v) is 10.4. The average molecular weight is 490 g/mol. The monoisotopic (exact) mass is 489 g/mol. The van der Waals surface area contributed by atoms with Gasteiger partial charge in [0.15, 0.2) is 5.82 Å². The lowest BCUT2D eigenvalue weighted by Crippen LogP contribution is -2.56. The maximum atomic E-state index is 14.4. The van der Waals surface area contributed by atoms with Crippen molar-refractivity contribution in [3.05, 3.63) is 46.2 Å². The van der Waals surface area contributed by atoms with E-state index in [0.717, 1.165) is 51.4 Å². The van der Waals surface area contributed by atoms with E-state index >= 15 is 0 Å². The summed E-state index contributed by atoms with van der Waals surface area (Å²) in [5, 5.41) is 16.3. The number of halogens is 1. The van der Waals surface area contributed by atoms with Crippen LogP contribution in [0.15, 0.2) is 34.5 Å². The van der Waals surface area contributed by atoms with Gasteiger partial charge in [0.05, 0.1) is 16.6 Å². The van der Waals surface area contributed by atoms with Gasteiger partial charge in [0.2, 0.25) is 0 Å². The van der Waals surface area contributed by atoms with Crippen molar-refractivity contribution in [1.29, 1.82) is 0 Å². The molecule has 2 aliphatic rings. The zero-order valence-corrected chi connectivity index (χ0v) is 20.1. The fourth-order valence-corrected chi connectivity index (χ4v) is 6.55. The maximum absolute atomic E-state index is 14.4. The highest BCUT2D eigenvalue weighted by Crippen LogP contribution is 2.45. The molecule has 0 aliphatic carbocycles. The minimum Gasteiger partial charge on any atom is -0.399 e. The van der Waals surface area contributed by atoms with Crippen LogP contribution in [0.1, 0.15) is 30.1 Å². The first-order valence-electron chi connectivity index (χ1n) is 11.1. The lowest BCUT2D eigenvalue weighted by molar-refractivity contribution is 0.0819. The molecule has 2 unspecified atom stereocenters. The van der Waals surface area contributed by atoms with Crippen LogP contribution in [0.4, 0.5) is 15.8 Å². The molecule has 2 aliphatic heterocycles. The molecule has 1 fully saturated rings. The number of anilines is 2. The molecule has 0 spiro atoms. The van der Waals surface area contributed by atoms with Crippen LogP contribution in [0.5, 0.6) is 0 Å². The highest BCUT2D eigenvalue weighted by atomic mass is 32.2. The number of nitrogens with two attached hydrogens (primary N) is 2. The number of nitrogen functional groups attached to an aromatic ring is 1. The number of hydrogen-bond donors (Lipinski definition) is 2. The number of thioether (sulfide) groups is 1. The Morgan fingerprint density at radius 1 is 1.24 bits per heavy atom. The van der Waals surface area contributed by atoms with Gasteiger partial charge in [-0.2, -0.15) is 0 Å². The third-order valence-electron chi connectivity index (χ3n) is 6.28. The van der Waals surface area contributed by atoms with Crippen molar-refractivity contribution in [2.75, 3.05) is 36.9 Å². The van der Waals surface area contributed by atoms with Gasteiger partial charge in [-0.25, -0.2) is 14.9 Å². The van der Waals surface area contributed by atoms with Crippen molar-refractivity contribution >= 4 is 34.5 Å². The normalized spacial score (nSPS) is 20.3. The van der Waals surface area contributed by atoms with Crippen molar-refractivity contribution in [3.63, 3.8) is 0 Å². The van der Waals surface area contributed by atoms with Gasteiger partial charge < -0.3 is 5.73 Å². The molecule has 5 rings (SSSR count). The van der Waals surface area contributed by atoms with Crippen LogP contribution in [0.2, 0.25) is 0 Å². The molecule has 4 N–H and O–H groups in total. The lowest BCUT2D eigenvalue weighted by Gasteiger charge is -2.41. The van der Waals surface area contributed by atoms with Gasteiger partial charge in [-0.1, -0.05) is 24.8 Å². The smallest absolute Gasteiger partial charge is 0.168 e. The Morgan fingerprint density at radius 3 is 2.79 bits per heavy atom. The largest absolute Gasteiger partial charge is 0.399 e. The van der Waals surface area contributed by atoms with E-state index in [-0.39, 0.29) is 17.4 Å². The van der Waals surface area contributed by atoms with Crippen LogP contribution in [0, 0.1) is 5.82 Å². The van der Waals surface area contributed by atoms with E-state index in [0.29, 0.717) is 16.3 Å². The SMILES string of the molecule is CCC(c1nnnn1CCc1cccs1)N1CCN(C2Sc3c(F)cc(N)cc3N2N)CC1. The number of benzene rings is 1. The molecule has 0 radical (unpaired) electrons. The number of hydrazine groups is 1. The third kappa shape index (κ3) is 4.45. The Labute approximate surface area is 200 Å². The number of hydrogen-bond acceptors (Lipinski definition) is 10. The molecule has 9 nitrogen and oxygen atoms in total. The zero-order chi connectivity index (χ0) is 22.9. The van der Waals surface area contributed by atoms with Crippen LogP contribution >= 0.6 is 23.1 Å². The molecule has 4 heterocycles. The molecule has 1 aromatic carbocycles. The molecule has 33 heavy (non-hydrogen) atoms. The fraction of sp³-hybridized carbons (Fsp3) is 0.476. The maximum Gasteiger partial charge on any atom is 0.168 e. The number of nitrogens with zero attached hydrogens (tertiary/aromatic N) is 7. The number of aromatic nitrogens is 4. The van der Waals surface area contributed by atoms with Gasteiger partial charge in [0, 0.05) is 49.7 Å². The van der Waals surface area contributed by atoms with Gasteiger partial charge >= 0.3 is 0 Å². The minimum atomic E-state index is -0.313. The summed E-state index contributed by atoms with van der Waals surface area (Å²) in [6.07, 6.45) is 1.85. The van der Waals surface area contributed by atoms with Crippen molar-refractivity contribution < 1.29 is 4.39 Å². The summed E-state index contributed by atoms with van der Waals surface area (Å²) < 4.78 is 16.3. The molecule has 176 valence electrons. The Hall–Kier alpha value is -2.25. The van der Waals surface area contributed by atoms with Gasteiger partial charge in [-0.3, -0.25) is 14.8 Å². The molecule has 12 heteroatoms. The predicted molar refractivity (Wildman–Crippen MR) is 129 cm³/mol. The van der Waals surface area contributed by atoms with Crippen molar-refractivity contribution in [3.8, 4) is 0 Å². The number of thiophene rings is 1. The quantitative estimate of drug-likeness (QED) is 0.383. The third-order valence-corrected chi connectivity index (χ3v) is 8.59. The average Bonchev–Trinajstić information content (AvgIpc) is 3.55. The van der Waals surface area contributed by atoms with E-state index in [1.165, 1.54) is 22.7 Å². The molecule has 0 saturated carbocycles. The number of aryl methyl sites for hydroxylation is 2. The summed E-state index contributed by atoms with van der Waals surface area (Å²) in [7, 11) is 0. The standard InChI is InChI=1S/C21H28FN9S2/c1-2-17(20-25-26-27-30(20)6-5-15-4-3-11-32-15)28-7-9-29(10-8-28)21-31(24)18-13-14(23)12-16(22)19(18)33-21/h3-4,11-13,17,21H,2,5-10,23-24H2,1H3. The van der Waals surface area contributed by atoms with Crippen LogP contribution in [-0.2, 0) is 13.0 Å². The predicted octanol–water partition coefficient (Wildman–Crippen LogP) is 2.54. The molecule has 1 saturated heterocycles. The number of rotatable bonds is 7. The second kappa shape index (κ2) is 9.55. The summed E-state index contributed by atoms with van der Waals surface area (Å²) in [4.78, 5) is 6.63. The van der Waals surface area contributed by atoms with Crippen molar-refractivity contribution in [2.45, 2.75) is 42.7 Å². The summed E-state index contributed by atoms with van der Waals surface area (Å²) in [6.45, 7) is 6.32. The molecular weight excluding hydrogens is 461 g/mol. The highest BCUT2D eigenvalue weighted by Gasteiger charge is 2.38. The Balaban J connectivity index is 1.23. The summed E-state index contributed by atoms with van der Waals surface area (Å²) >= 11 is 3.21. The number of piperazine rings is 1. The molecular formula is C21H28FN9S2. The molecule has 2 aromatic heterocycles. The fourth-order valence-electron chi connectivity index (χ4n) is 4.59. The van der Waals surface area contributed by atoms with E-state index in [1.807, 2.05) is 4.68 Å². The van der Waals surface area contributed by atoms with E-state index in [4.69, 9.17) is 11.6 Å². The van der Waals surface area contributed by atoms with Gasteiger partial charge in [0.1, 0.15) is 11.3 Å². The van der Waals surface area contributed by atoms with E-state index in [2.05, 4.69) is 49.8 Å². The van der Waals surface area contributed by atoms with Crippen molar-refractivity contribution in [2.24, 2.45) is 5.84 Å². The summed E-state index contributed by atoms with van der Waals surface area (Å²) in [6, 6.07) is 7.47. The first-order chi connectivity index (χ1) is 16.0. The van der Waals surface area contributed by atoms with Crippen molar-refractivity contribution in [1.82, 2.24) is 30.0 Å². The van der Waals surface area contributed by atoms with Crippen LogP contribution in [-0.4, -0.2) is 61.7 Å². The second-order valence-electron chi connectivity index (χ2n) is 8.29. The Morgan fingerprint density at radius 2 is 2.06 bits per heavy atom. The molecule has 2 atom stereocenters. The number of fused-ring (bicyclic) bond motifs is 1. The van der Waals surface area contributed by atoms with E-state index in [9.17, 15) is 4.39 Å². The molecule has 0 bridgehead atoms. The van der Waals surface area contributed by atoms with Gasteiger partial charge in [-0.15, -0.1) is 16.4 Å². The Bertz CT molecular complexity index is 1080. The summed E-state index contributed by atoms with van der Waals surface area (Å²) in [5.41, 5.74) is 6.72. The van der Waals surface area contributed by atoms with E-state index < -0.39 is 0 Å². The first-order valence-corrected chi connectivity index (χ1v) is 12.9. The highest BCUT2D eigenvalue weighted by molar-refractivity contribution is 8.00. The van der Waals surface area contributed by atoms with Gasteiger partial charge in [0.25, 0.3) is 0 Å². The molecule has 3 aromatic rings. The zero-order valence-electron chi connectivity index (χ0n) is 18.5.